The molecule has 0 aliphatic carbocycles. The highest BCUT2D eigenvalue weighted by Gasteiger charge is 2.21. The predicted molar refractivity (Wildman–Crippen MR) is 94.4 cm³/mol. The molecule has 0 spiro atoms. The molecule has 3 aromatic rings. The third-order valence-corrected chi connectivity index (χ3v) is 3.92. The Labute approximate surface area is 145 Å². The molecular formula is C19H20BF4N. The van der Waals surface area contributed by atoms with Gasteiger partial charge in [0, 0.05) is 29.5 Å². The summed E-state index contributed by atoms with van der Waals surface area (Å²) in [5.74, 6) is 0. The highest BCUT2D eigenvalue weighted by atomic mass is 19.5. The summed E-state index contributed by atoms with van der Waals surface area (Å²) in [7, 11) is -6.00. The summed E-state index contributed by atoms with van der Waals surface area (Å²) in [6.45, 7) is 4.49. The van der Waals surface area contributed by atoms with E-state index in [1.54, 1.807) is 0 Å². The molecule has 0 radical (unpaired) electrons. The SMILES string of the molecule is CCc1c(CC)[n+](-c2ccccc2)cc2ccccc12.F[B-](F)(F)F. The Morgan fingerprint density at radius 3 is 1.92 bits per heavy atom. The van der Waals surface area contributed by atoms with Crippen molar-refractivity contribution in [3.63, 3.8) is 0 Å². The van der Waals surface area contributed by atoms with Crippen LogP contribution in [0, 0.1) is 0 Å². The third-order valence-electron chi connectivity index (χ3n) is 3.92. The van der Waals surface area contributed by atoms with E-state index >= 15 is 0 Å². The monoisotopic (exact) mass is 349 g/mol. The molecule has 2 aromatic carbocycles. The van der Waals surface area contributed by atoms with Gasteiger partial charge in [-0.15, -0.1) is 0 Å². The van der Waals surface area contributed by atoms with Crippen LogP contribution < -0.4 is 4.57 Å². The number of halogens is 4. The van der Waals surface area contributed by atoms with Crippen molar-refractivity contribution in [1.29, 1.82) is 0 Å². The lowest BCUT2D eigenvalue weighted by molar-refractivity contribution is -0.603. The first kappa shape index (κ1) is 19.0. The quantitative estimate of drug-likeness (QED) is 0.332. The lowest BCUT2D eigenvalue weighted by Crippen LogP contribution is -2.36. The fourth-order valence-electron chi connectivity index (χ4n) is 3.00. The second-order valence-electron chi connectivity index (χ2n) is 5.55. The minimum atomic E-state index is -6.00. The molecule has 0 fully saturated rings. The average Bonchev–Trinajstić information content (AvgIpc) is 2.59. The van der Waals surface area contributed by atoms with Gasteiger partial charge in [0.05, 0.1) is 0 Å². The molecule has 1 aromatic heterocycles. The fourth-order valence-corrected chi connectivity index (χ4v) is 3.00. The summed E-state index contributed by atoms with van der Waals surface area (Å²) in [6, 6.07) is 19.3. The maximum Gasteiger partial charge on any atom is 0.673 e. The number of hydrogen-bond acceptors (Lipinski definition) is 0. The standard InChI is InChI=1S/C19H20N.BF4/c1-3-17-18-13-9-8-10-15(18)14-20(19(17)4-2)16-11-6-5-7-12-16;2-1(3,4)5/h5-14H,3-4H2,1-2H3;/q+1;-1. The first-order valence-electron chi connectivity index (χ1n) is 8.23. The molecule has 0 aliphatic rings. The normalized spacial score (nSPS) is 11.1. The molecule has 0 N–H and O–H groups in total. The van der Waals surface area contributed by atoms with Crippen LogP contribution in [0.3, 0.4) is 0 Å². The topological polar surface area (TPSA) is 3.88 Å². The largest absolute Gasteiger partial charge is 0.673 e. The minimum absolute atomic E-state index is 1.04. The summed E-state index contributed by atoms with van der Waals surface area (Å²) in [6.07, 6.45) is 4.38. The number of nitrogens with zero attached hydrogens (tertiary/aromatic N) is 1. The van der Waals surface area contributed by atoms with Crippen LogP contribution in [0.2, 0.25) is 0 Å². The van der Waals surface area contributed by atoms with Crippen molar-refractivity contribution in [3.05, 3.63) is 72.1 Å². The van der Waals surface area contributed by atoms with E-state index in [2.05, 4.69) is 79.2 Å². The number of fused-ring (bicyclic) bond motifs is 1. The number of rotatable bonds is 3. The lowest BCUT2D eigenvalue weighted by Gasteiger charge is -2.10. The maximum absolute atomic E-state index is 9.75. The maximum atomic E-state index is 9.75. The van der Waals surface area contributed by atoms with Gasteiger partial charge in [0.15, 0.2) is 11.9 Å². The van der Waals surface area contributed by atoms with E-state index in [0.29, 0.717) is 0 Å². The van der Waals surface area contributed by atoms with E-state index in [1.165, 1.54) is 27.7 Å². The summed E-state index contributed by atoms with van der Waals surface area (Å²) in [5.41, 5.74) is 4.12. The Kier molecular flexibility index (Phi) is 6.18. The first-order chi connectivity index (χ1) is 11.8. The van der Waals surface area contributed by atoms with Gasteiger partial charge in [-0.05, 0) is 17.9 Å². The van der Waals surface area contributed by atoms with E-state index < -0.39 is 7.25 Å². The molecule has 0 amide bonds. The predicted octanol–water partition coefficient (Wildman–Crippen LogP) is 5.54. The van der Waals surface area contributed by atoms with Crippen LogP contribution in [0.15, 0.2) is 60.8 Å². The Morgan fingerprint density at radius 2 is 1.36 bits per heavy atom. The van der Waals surface area contributed by atoms with Gasteiger partial charge in [0.1, 0.15) is 0 Å². The van der Waals surface area contributed by atoms with Crippen LogP contribution in [0.1, 0.15) is 25.1 Å². The van der Waals surface area contributed by atoms with Gasteiger partial charge in [0.2, 0.25) is 5.69 Å². The molecule has 6 heteroatoms. The van der Waals surface area contributed by atoms with Crippen LogP contribution in [-0.4, -0.2) is 7.25 Å². The highest BCUT2D eigenvalue weighted by Crippen LogP contribution is 2.21. The molecule has 3 rings (SSSR count). The fraction of sp³-hybridized carbons (Fsp3) is 0.211. The van der Waals surface area contributed by atoms with Crippen molar-refractivity contribution in [2.24, 2.45) is 0 Å². The zero-order valence-electron chi connectivity index (χ0n) is 14.2. The van der Waals surface area contributed by atoms with Crippen LogP contribution in [-0.2, 0) is 12.8 Å². The second-order valence-corrected chi connectivity index (χ2v) is 5.55. The van der Waals surface area contributed by atoms with Gasteiger partial charge >= 0.3 is 7.25 Å². The molecular weight excluding hydrogens is 329 g/mol. The first-order valence-corrected chi connectivity index (χ1v) is 8.23. The number of pyridine rings is 1. The van der Waals surface area contributed by atoms with Crippen molar-refractivity contribution < 1.29 is 21.8 Å². The van der Waals surface area contributed by atoms with Gasteiger partial charge in [-0.3, -0.25) is 0 Å². The molecule has 0 bridgehead atoms. The summed E-state index contributed by atoms with van der Waals surface area (Å²) in [5, 5.41) is 2.70. The molecule has 0 saturated carbocycles. The van der Waals surface area contributed by atoms with E-state index in [0.717, 1.165) is 12.8 Å². The Bertz CT molecular complexity index is 826. The Balaban J connectivity index is 0.000000399. The molecule has 25 heavy (non-hydrogen) atoms. The Hall–Kier alpha value is -2.37. The third kappa shape index (κ3) is 5.05. The molecule has 1 nitrogen and oxygen atoms in total. The average molecular weight is 349 g/mol. The number of para-hydroxylation sites is 1. The van der Waals surface area contributed by atoms with E-state index in [4.69, 9.17) is 0 Å². The molecule has 0 atom stereocenters. The summed E-state index contributed by atoms with van der Waals surface area (Å²) >= 11 is 0. The van der Waals surface area contributed by atoms with E-state index in [-0.39, 0.29) is 0 Å². The number of hydrogen-bond donors (Lipinski definition) is 0. The van der Waals surface area contributed by atoms with Gasteiger partial charge in [-0.25, -0.2) is 0 Å². The van der Waals surface area contributed by atoms with Crippen LogP contribution in [0.4, 0.5) is 17.3 Å². The number of aryl methyl sites for hydroxylation is 1. The van der Waals surface area contributed by atoms with Crippen LogP contribution in [0.5, 0.6) is 0 Å². The smallest absolute Gasteiger partial charge is 0.418 e. The van der Waals surface area contributed by atoms with Crippen LogP contribution in [0.25, 0.3) is 16.5 Å². The molecule has 132 valence electrons. The van der Waals surface area contributed by atoms with Crippen molar-refractivity contribution in [2.75, 3.05) is 0 Å². The van der Waals surface area contributed by atoms with Crippen molar-refractivity contribution in [1.82, 2.24) is 0 Å². The molecule has 1 heterocycles. The molecule has 0 saturated heterocycles. The van der Waals surface area contributed by atoms with Gasteiger partial charge in [-0.1, -0.05) is 50.2 Å². The van der Waals surface area contributed by atoms with Gasteiger partial charge in [-0.2, -0.15) is 4.57 Å². The number of benzene rings is 2. The summed E-state index contributed by atoms with van der Waals surface area (Å²) in [4.78, 5) is 0. The van der Waals surface area contributed by atoms with Crippen molar-refractivity contribution in [3.8, 4) is 5.69 Å². The zero-order chi connectivity index (χ0) is 18.4. The molecule has 0 aliphatic heterocycles. The van der Waals surface area contributed by atoms with Crippen LogP contribution >= 0.6 is 0 Å². The van der Waals surface area contributed by atoms with E-state index in [9.17, 15) is 17.3 Å². The second kappa shape index (κ2) is 8.14. The van der Waals surface area contributed by atoms with Crippen molar-refractivity contribution >= 4 is 18.0 Å². The number of aromatic nitrogens is 1. The van der Waals surface area contributed by atoms with E-state index in [1.807, 2.05) is 0 Å². The minimum Gasteiger partial charge on any atom is -0.418 e. The lowest BCUT2D eigenvalue weighted by atomic mass is 10.00. The summed E-state index contributed by atoms with van der Waals surface area (Å²) < 4.78 is 41.3. The van der Waals surface area contributed by atoms with Gasteiger partial charge < -0.3 is 17.3 Å². The Morgan fingerprint density at radius 1 is 0.800 bits per heavy atom. The molecule has 0 unspecified atom stereocenters. The zero-order valence-corrected chi connectivity index (χ0v) is 14.2. The van der Waals surface area contributed by atoms with Gasteiger partial charge in [0.25, 0.3) is 0 Å². The highest BCUT2D eigenvalue weighted by molar-refractivity contribution is 6.50. The van der Waals surface area contributed by atoms with Crippen molar-refractivity contribution in [2.45, 2.75) is 26.7 Å².